The van der Waals surface area contributed by atoms with E-state index < -0.39 is 0 Å². The lowest BCUT2D eigenvalue weighted by atomic mass is 10.1. The molecule has 4 nitrogen and oxygen atoms in total. The van der Waals surface area contributed by atoms with E-state index in [1.54, 1.807) is 7.11 Å². The first kappa shape index (κ1) is 16.5. The molecular formula is C20H27N3O. The van der Waals surface area contributed by atoms with Gasteiger partial charge in [0.2, 0.25) is 0 Å². The van der Waals surface area contributed by atoms with Gasteiger partial charge in [0.25, 0.3) is 0 Å². The molecule has 0 aliphatic carbocycles. The monoisotopic (exact) mass is 325 g/mol. The van der Waals surface area contributed by atoms with Crippen molar-refractivity contribution in [1.82, 2.24) is 0 Å². The first-order chi connectivity index (χ1) is 11.8. The van der Waals surface area contributed by atoms with Gasteiger partial charge in [0.15, 0.2) is 0 Å². The van der Waals surface area contributed by atoms with Gasteiger partial charge in [0.1, 0.15) is 5.75 Å². The van der Waals surface area contributed by atoms with Gasteiger partial charge in [-0.1, -0.05) is 18.2 Å². The zero-order valence-electron chi connectivity index (χ0n) is 14.4. The van der Waals surface area contributed by atoms with Crippen molar-refractivity contribution in [2.75, 3.05) is 42.7 Å². The van der Waals surface area contributed by atoms with Crippen LogP contribution >= 0.6 is 0 Å². The smallest absolute Gasteiger partial charge is 0.141 e. The molecule has 3 N–H and O–H groups in total. The molecular weight excluding hydrogens is 298 g/mol. The lowest BCUT2D eigenvalue weighted by Crippen LogP contribution is -2.19. The SMILES string of the molecule is COc1ccccc1NCCCc1ccc(N2CCCC2)c(N)c1. The fourth-order valence-corrected chi connectivity index (χ4v) is 3.31. The van der Waals surface area contributed by atoms with E-state index in [-0.39, 0.29) is 0 Å². The summed E-state index contributed by atoms with van der Waals surface area (Å²) in [5, 5.41) is 3.44. The maximum absolute atomic E-state index is 6.26. The van der Waals surface area contributed by atoms with Crippen LogP contribution in [0.2, 0.25) is 0 Å². The molecule has 0 radical (unpaired) electrons. The van der Waals surface area contributed by atoms with Crippen molar-refractivity contribution in [3.63, 3.8) is 0 Å². The van der Waals surface area contributed by atoms with Crippen molar-refractivity contribution in [1.29, 1.82) is 0 Å². The minimum Gasteiger partial charge on any atom is -0.495 e. The highest BCUT2D eigenvalue weighted by Crippen LogP contribution is 2.28. The van der Waals surface area contributed by atoms with Crippen LogP contribution in [0.5, 0.6) is 5.75 Å². The molecule has 0 spiro atoms. The van der Waals surface area contributed by atoms with Crippen LogP contribution in [-0.2, 0) is 6.42 Å². The number of nitrogens with two attached hydrogens (primary N) is 1. The molecule has 0 unspecified atom stereocenters. The zero-order chi connectivity index (χ0) is 16.8. The van der Waals surface area contributed by atoms with Crippen molar-refractivity contribution >= 4 is 17.1 Å². The summed E-state index contributed by atoms with van der Waals surface area (Å²) in [5.41, 5.74) is 10.7. The molecule has 1 aliphatic heterocycles. The Bertz CT molecular complexity index is 666. The third kappa shape index (κ3) is 3.94. The van der Waals surface area contributed by atoms with Crippen LogP contribution in [0.1, 0.15) is 24.8 Å². The molecule has 1 saturated heterocycles. The number of ether oxygens (including phenoxy) is 1. The highest BCUT2D eigenvalue weighted by Gasteiger charge is 2.14. The summed E-state index contributed by atoms with van der Waals surface area (Å²) in [6, 6.07) is 14.5. The zero-order valence-corrected chi connectivity index (χ0v) is 14.4. The summed E-state index contributed by atoms with van der Waals surface area (Å²) in [5.74, 6) is 0.886. The number of methoxy groups -OCH3 is 1. The predicted octanol–water partition coefficient (Wildman–Crippen LogP) is 3.92. The number of hydrogen-bond donors (Lipinski definition) is 2. The van der Waals surface area contributed by atoms with E-state index in [9.17, 15) is 0 Å². The number of nitrogen functional groups attached to an aromatic ring is 1. The molecule has 0 atom stereocenters. The quantitative estimate of drug-likeness (QED) is 0.598. The topological polar surface area (TPSA) is 50.5 Å². The Balaban J connectivity index is 1.51. The number of nitrogens with zero attached hydrogens (tertiary/aromatic N) is 1. The minimum absolute atomic E-state index is 0.886. The second-order valence-corrected chi connectivity index (χ2v) is 6.32. The van der Waals surface area contributed by atoms with Gasteiger partial charge in [-0.3, -0.25) is 0 Å². The van der Waals surface area contributed by atoms with Crippen molar-refractivity contribution in [2.45, 2.75) is 25.7 Å². The molecule has 1 fully saturated rings. The third-order valence-electron chi connectivity index (χ3n) is 4.60. The van der Waals surface area contributed by atoms with Gasteiger partial charge in [-0.15, -0.1) is 0 Å². The predicted molar refractivity (Wildman–Crippen MR) is 102 cm³/mol. The van der Waals surface area contributed by atoms with E-state index in [1.807, 2.05) is 24.3 Å². The van der Waals surface area contributed by atoms with E-state index in [2.05, 4.69) is 28.4 Å². The minimum atomic E-state index is 0.886. The Morgan fingerprint density at radius 3 is 2.67 bits per heavy atom. The van der Waals surface area contributed by atoms with Gasteiger partial charge in [-0.25, -0.2) is 0 Å². The molecule has 0 aromatic heterocycles. The standard InChI is InChI=1S/C20H27N3O/c1-24-20-9-3-2-8-18(20)22-12-6-7-16-10-11-19(17(21)15-16)23-13-4-5-14-23/h2-3,8-11,15,22H,4-7,12-14,21H2,1H3. The number of nitrogens with one attached hydrogen (secondary N) is 1. The fraction of sp³-hybridized carbons (Fsp3) is 0.400. The lowest BCUT2D eigenvalue weighted by Gasteiger charge is -2.20. The largest absolute Gasteiger partial charge is 0.495 e. The number of aryl methyl sites for hydroxylation is 1. The molecule has 0 saturated carbocycles. The number of para-hydroxylation sites is 2. The Morgan fingerprint density at radius 2 is 1.92 bits per heavy atom. The average molecular weight is 325 g/mol. The summed E-state index contributed by atoms with van der Waals surface area (Å²) >= 11 is 0. The molecule has 1 aliphatic rings. The summed E-state index contributed by atoms with van der Waals surface area (Å²) < 4.78 is 5.35. The van der Waals surface area contributed by atoms with E-state index in [4.69, 9.17) is 10.5 Å². The fourth-order valence-electron chi connectivity index (χ4n) is 3.31. The van der Waals surface area contributed by atoms with E-state index in [0.29, 0.717) is 0 Å². The van der Waals surface area contributed by atoms with Gasteiger partial charge in [-0.05, 0) is 55.5 Å². The summed E-state index contributed by atoms with van der Waals surface area (Å²) in [7, 11) is 1.70. The van der Waals surface area contributed by atoms with Crippen LogP contribution in [0.3, 0.4) is 0 Å². The van der Waals surface area contributed by atoms with Crippen molar-refractivity contribution in [2.24, 2.45) is 0 Å². The first-order valence-corrected chi connectivity index (χ1v) is 8.78. The first-order valence-electron chi connectivity index (χ1n) is 8.78. The summed E-state index contributed by atoms with van der Waals surface area (Å²) in [6.07, 6.45) is 4.62. The lowest BCUT2D eigenvalue weighted by molar-refractivity contribution is 0.416. The molecule has 1 heterocycles. The van der Waals surface area contributed by atoms with Crippen LogP contribution in [0.15, 0.2) is 42.5 Å². The molecule has 4 heteroatoms. The Labute approximate surface area is 144 Å². The maximum atomic E-state index is 6.26. The Hall–Kier alpha value is -2.36. The molecule has 128 valence electrons. The number of rotatable bonds is 7. The van der Waals surface area contributed by atoms with Crippen molar-refractivity contribution < 1.29 is 4.74 Å². The van der Waals surface area contributed by atoms with Crippen LogP contribution in [0, 0.1) is 0 Å². The second kappa shape index (κ2) is 7.95. The van der Waals surface area contributed by atoms with Gasteiger partial charge in [0.05, 0.1) is 24.2 Å². The van der Waals surface area contributed by atoms with Gasteiger partial charge in [-0.2, -0.15) is 0 Å². The normalized spacial score (nSPS) is 14.0. The third-order valence-corrected chi connectivity index (χ3v) is 4.60. The van der Waals surface area contributed by atoms with Gasteiger partial charge in [0, 0.05) is 19.6 Å². The Morgan fingerprint density at radius 1 is 1.12 bits per heavy atom. The second-order valence-electron chi connectivity index (χ2n) is 6.32. The summed E-state index contributed by atoms with van der Waals surface area (Å²) in [4.78, 5) is 2.39. The van der Waals surface area contributed by atoms with Gasteiger partial charge < -0.3 is 20.7 Å². The average Bonchev–Trinajstić information content (AvgIpc) is 3.13. The molecule has 2 aromatic rings. The van der Waals surface area contributed by atoms with Crippen LogP contribution in [0.4, 0.5) is 17.1 Å². The number of anilines is 3. The van der Waals surface area contributed by atoms with E-state index >= 15 is 0 Å². The molecule has 0 bridgehead atoms. The number of benzene rings is 2. The molecule has 24 heavy (non-hydrogen) atoms. The summed E-state index contributed by atoms with van der Waals surface area (Å²) in [6.45, 7) is 3.17. The molecule has 2 aromatic carbocycles. The number of hydrogen-bond acceptors (Lipinski definition) is 4. The van der Waals surface area contributed by atoms with Gasteiger partial charge >= 0.3 is 0 Å². The van der Waals surface area contributed by atoms with E-state index in [1.165, 1.54) is 24.1 Å². The van der Waals surface area contributed by atoms with Crippen LogP contribution in [0.25, 0.3) is 0 Å². The highest BCUT2D eigenvalue weighted by atomic mass is 16.5. The maximum Gasteiger partial charge on any atom is 0.141 e. The van der Waals surface area contributed by atoms with Crippen LogP contribution < -0.4 is 20.7 Å². The van der Waals surface area contributed by atoms with Crippen molar-refractivity contribution in [3.8, 4) is 5.75 Å². The van der Waals surface area contributed by atoms with E-state index in [0.717, 1.165) is 49.6 Å². The van der Waals surface area contributed by atoms with Crippen LogP contribution in [-0.4, -0.2) is 26.7 Å². The van der Waals surface area contributed by atoms with Crippen molar-refractivity contribution in [3.05, 3.63) is 48.0 Å². The molecule has 3 rings (SSSR count). The highest BCUT2D eigenvalue weighted by molar-refractivity contribution is 5.68. The Kier molecular flexibility index (Phi) is 5.47. The molecule has 0 amide bonds.